The number of hydrogen-bond donors (Lipinski definition) is 25. The van der Waals surface area contributed by atoms with Gasteiger partial charge in [0.15, 0.2) is 62.7 Å². The lowest BCUT2D eigenvalue weighted by Crippen LogP contribution is -2.68. The molecule has 0 bridgehead atoms. The van der Waals surface area contributed by atoms with Crippen LogP contribution in [0.1, 0.15) is 6.92 Å². The molecule has 9 fully saturated rings. The average molecular weight is 1390 g/mol. The van der Waals surface area contributed by atoms with Gasteiger partial charge in [-0.05, 0) is 6.92 Å². The molecule has 9 rings (SSSR count). The number of hydrogen-bond acceptors (Lipinski definition) is 42. The molecule has 0 radical (unpaired) electrons. The fourth-order valence-corrected chi connectivity index (χ4v) is 11.7. The smallest absolute Gasteiger partial charge is 0.335 e. The van der Waals surface area contributed by atoms with E-state index in [2.05, 4.69) is 0 Å². The number of ether oxygens (including phenoxy) is 17. The predicted molar refractivity (Wildman–Crippen MR) is 278 cm³/mol. The summed E-state index contributed by atoms with van der Waals surface area (Å²) in [5, 5.41) is 270. The van der Waals surface area contributed by atoms with E-state index in [0.29, 0.717) is 0 Å². The van der Waals surface area contributed by atoms with Gasteiger partial charge in [0.05, 0.1) is 52.4 Å². The highest BCUT2D eigenvalue weighted by Gasteiger charge is 2.59. The lowest BCUT2D eigenvalue weighted by Gasteiger charge is -2.49. The molecular weight excluding hydrogens is 1300 g/mol. The van der Waals surface area contributed by atoms with Crippen molar-refractivity contribution in [2.45, 2.75) is 265 Å². The molecule has 546 valence electrons. The number of aliphatic hydroxyl groups is 24. The minimum atomic E-state index is -2.45. The molecule has 0 aromatic heterocycles. The van der Waals surface area contributed by atoms with Crippen molar-refractivity contribution in [2.75, 3.05) is 46.2 Å². The third kappa shape index (κ3) is 16.1. The Hall–Kier alpha value is -2.17. The van der Waals surface area contributed by atoms with Crippen molar-refractivity contribution in [3.8, 4) is 0 Å². The Morgan fingerprint density at radius 2 is 0.670 bits per heavy atom. The minimum Gasteiger partial charge on any atom is -0.479 e. The van der Waals surface area contributed by atoms with E-state index in [9.17, 15) is 132 Å². The van der Waals surface area contributed by atoms with Crippen molar-refractivity contribution >= 4 is 5.97 Å². The largest absolute Gasteiger partial charge is 0.479 e. The highest BCUT2D eigenvalue weighted by molar-refractivity contribution is 5.73. The topological polar surface area (TPSA) is 680 Å². The van der Waals surface area contributed by atoms with Crippen LogP contribution in [0.2, 0.25) is 0 Å². The van der Waals surface area contributed by atoms with E-state index in [1.807, 2.05) is 0 Å². The Kier molecular flexibility index (Phi) is 26.1. The molecule has 43 nitrogen and oxygen atoms in total. The first-order valence-electron chi connectivity index (χ1n) is 29.7. The van der Waals surface area contributed by atoms with Gasteiger partial charge in [-0.25, -0.2) is 4.79 Å². The van der Waals surface area contributed by atoms with E-state index < -0.39 is 310 Å². The van der Waals surface area contributed by atoms with Gasteiger partial charge in [0.1, 0.15) is 189 Å². The summed E-state index contributed by atoms with van der Waals surface area (Å²) in [7, 11) is 0. The summed E-state index contributed by atoms with van der Waals surface area (Å²) in [6.07, 6.45) is -85.8. The molecule has 0 aromatic carbocycles. The fourth-order valence-electron chi connectivity index (χ4n) is 11.7. The molecule has 9 heterocycles. The van der Waals surface area contributed by atoms with E-state index in [1.54, 1.807) is 0 Å². The van der Waals surface area contributed by atoms with E-state index >= 15 is 0 Å². The zero-order valence-corrected chi connectivity index (χ0v) is 49.2. The molecule has 42 atom stereocenters. The van der Waals surface area contributed by atoms with Crippen molar-refractivity contribution in [3.05, 3.63) is 0 Å². The van der Waals surface area contributed by atoms with Crippen LogP contribution in [0.15, 0.2) is 0 Å². The summed E-state index contributed by atoms with van der Waals surface area (Å²) in [6.45, 7) is -4.65. The van der Waals surface area contributed by atoms with Gasteiger partial charge in [0.2, 0.25) is 0 Å². The fraction of sp³-hybridized carbons (Fsp3) is 0.980. The van der Waals surface area contributed by atoms with Crippen LogP contribution in [0.3, 0.4) is 0 Å². The van der Waals surface area contributed by atoms with Crippen LogP contribution in [0.4, 0.5) is 0 Å². The molecule has 9 aliphatic heterocycles. The first kappa shape index (κ1) is 76.0. The highest BCUT2D eigenvalue weighted by Crippen LogP contribution is 2.38. The lowest BCUT2D eigenvalue weighted by atomic mass is 9.95. The summed E-state index contributed by atoms with van der Waals surface area (Å²) in [5.74, 6) is -1.90. The maximum absolute atomic E-state index is 12.3. The molecule has 25 N–H and O–H groups in total. The van der Waals surface area contributed by atoms with E-state index in [4.69, 9.17) is 80.5 Å². The SMILES string of the molecule is C[C@@H]1O[C@@H](O[C@H]2[C@H](O[C@H]3[C@@H](OC[C@H]4O[C@@H](O[C@H]5[C@H](O)[C@@H](O)[C@H](O)O[C@@H]5CO)[C@H](O)[C@@H](O)[C@@H]4O[C@@H]4O[C@H](CO[C@H]5OC[C@@H](O)[C@H](O)[C@H]5O)[C@@H](O[C@@H]5O[C@H](CO[C@H]6OC[C@@H](O)[C@H](O)[C@H]6O)[C@@H](O)[C@H](O)[C@H]5O)[C@H](O)[C@H]4O)OC[C@@H](O)[C@@H]3O)O[C@H](C(=O)O)[C@H](O)[C@@H]2O)[C@@H](O)[C@H](O)[C@@H]1O. The normalized spacial score (nSPS) is 53.9. The number of carboxylic acids is 1. The molecule has 0 amide bonds. The third-order valence-electron chi connectivity index (χ3n) is 17.5. The van der Waals surface area contributed by atoms with Crippen LogP contribution in [-0.4, -0.2) is 438 Å². The molecule has 0 saturated carbocycles. The van der Waals surface area contributed by atoms with Crippen molar-refractivity contribution in [3.63, 3.8) is 0 Å². The van der Waals surface area contributed by atoms with Crippen molar-refractivity contribution in [1.29, 1.82) is 0 Å². The van der Waals surface area contributed by atoms with E-state index in [1.165, 1.54) is 6.92 Å². The summed E-state index contributed by atoms with van der Waals surface area (Å²) >= 11 is 0. The Bertz CT molecular complexity index is 2360. The van der Waals surface area contributed by atoms with Crippen LogP contribution in [-0.2, 0) is 85.3 Å². The Labute approximate surface area is 529 Å². The summed E-state index contributed by atoms with van der Waals surface area (Å²) in [5.41, 5.74) is 0. The second-order valence-corrected chi connectivity index (χ2v) is 24.0. The molecule has 0 unspecified atom stereocenters. The molecule has 9 saturated heterocycles. The average Bonchev–Trinajstić information content (AvgIpc) is 0.780. The first-order chi connectivity index (χ1) is 44.3. The molecule has 0 aliphatic carbocycles. The third-order valence-corrected chi connectivity index (χ3v) is 17.5. The minimum absolute atomic E-state index is 0.520. The molecule has 9 aliphatic rings. The number of carbonyl (C=O) groups is 1. The molecule has 94 heavy (non-hydrogen) atoms. The number of carboxylic acid groups (broad SMARTS) is 1. The number of aliphatic carboxylic acids is 1. The maximum atomic E-state index is 12.3. The standard InChI is InChI=1S/C51H84O43/c1-9-17(56)22(61)32(71)46(84-9)93-41-25(64)24(63)39(42(75)76)92-51(41)94-40-20(59)12(55)5-80-50(40)83-8-16-38(27(66)34(73)48(88-16)89-36-13(2-52)85-43(77)29(68)26(36)65)91-49-35(74)28(67)37(15(87-49)7-82-45-31(70)19(58)11(54)4-79-45)90-47-33(72)23(62)21(60)14(86-47)6-81-44-30(69)18(57)10(53)3-78-44/h9-41,43-74,77H,2-8H2,1H3,(H,75,76)/t9-,10+,11+,12+,13+,14+,15+,16+,17+,18-,19-,20-,21+,22+,23-,24+,25-,26+,27+,28+,29+,30+,31+,32-,33+,34+,35+,36+,37+,38+,39-,40+,41+,43+,44+,45+,46-,47-,48-,49-,50+,51-/m0/s1. The van der Waals surface area contributed by atoms with Gasteiger partial charge >= 0.3 is 5.97 Å². The van der Waals surface area contributed by atoms with Gasteiger partial charge in [-0.1, -0.05) is 0 Å². The Morgan fingerprint density at radius 1 is 0.319 bits per heavy atom. The zero-order chi connectivity index (χ0) is 68.8. The van der Waals surface area contributed by atoms with Crippen molar-refractivity contribution in [2.24, 2.45) is 0 Å². The van der Waals surface area contributed by atoms with E-state index in [0.717, 1.165) is 0 Å². The molecule has 0 aromatic rings. The molecule has 0 spiro atoms. The van der Waals surface area contributed by atoms with Crippen LogP contribution in [0.25, 0.3) is 0 Å². The number of rotatable bonds is 21. The highest BCUT2D eigenvalue weighted by atomic mass is 16.8. The Balaban J connectivity index is 0.989. The van der Waals surface area contributed by atoms with E-state index in [-0.39, 0.29) is 0 Å². The predicted octanol–water partition coefficient (Wildman–Crippen LogP) is -17.6. The van der Waals surface area contributed by atoms with Gasteiger partial charge in [-0.3, -0.25) is 0 Å². The van der Waals surface area contributed by atoms with Gasteiger partial charge in [0.25, 0.3) is 0 Å². The Morgan fingerprint density at radius 3 is 1.16 bits per heavy atom. The van der Waals surface area contributed by atoms with Gasteiger partial charge in [-0.2, -0.15) is 0 Å². The molecular formula is C51H84O43. The summed E-state index contributed by atoms with van der Waals surface area (Å²) < 4.78 is 96.6. The monoisotopic (exact) mass is 1380 g/mol. The van der Waals surface area contributed by atoms with Crippen LogP contribution >= 0.6 is 0 Å². The van der Waals surface area contributed by atoms with Crippen molar-refractivity contribution in [1.82, 2.24) is 0 Å². The summed E-state index contributed by atoms with van der Waals surface area (Å²) in [4.78, 5) is 12.3. The first-order valence-corrected chi connectivity index (χ1v) is 29.7. The quantitative estimate of drug-likeness (QED) is 0.0507. The van der Waals surface area contributed by atoms with Crippen LogP contribution in [0.5, 0.6) is 0 Å². The van der Waals surface area contributed by atoms with Crippen LogP contribution < -0.4 is 0 Å². The zero-order valence-electron chi connectivity index (χ0n) is 49.2. The maximum Gasteiger partial charge on any atom is 0.335 e. The summed E-state index contributed by atoms with van der Waals surface area (Å²) in [6, 6.07) is 0. The van der Waals surface area contributed by atoms with Crippen LogP contribution in [0, 0.1) is 0 Å². The second kappa shape index (κ2) is 32.2. The number of aliphatic hydroxyl groups excluding tert-OH is 24. The van der Waals surface area contributed by atoms with Gasteiger partial charge < -0.3 is 208 Å². The second-order valence-electron chi connectivity index (χ2n) is 24.0. The van der Waals surface area contributed by atoms with Crippen molar-refractivity contribution < 1.29 is 213 Å². The molecule has 43 heteroatoms. The lowest BCUT2D eigenvalue weighted by molar-refractivity contribution is -0.397. The van der Waals surface area contributed by atoms with Gasteiger partial charge in [0, 0.05) is 0 Å². The van der Waals surface area contributed by atoms with Gasteiger partial charge in [-0.15, -0.1) is 0 Å².